The summed E-state index contributed by atoms with van der Waals surface area (Å²) in [5.74, 6) is -0.345. The van der Waals surface area contributed by atoms with Crippen molar-refractivity contribution in [2.24, 2.45) is 5.41 Å². The molecule has 21 heavy (non-hydrogen) atoms. The van der Waals surface area contributed by atoms with Gasteiger partial charge in [0.2, 0.25) is 5.91 Å². The molecule has 3 atom stereocenters. The van der Waals surface area contributed by atoms with Crippen LogP contribution in [0.5, 0.6) is 0 Å². The number of rotatable bonds is 4. The molecule has 1 aliphatic carbocycles. The molecule has 0 aliphatic heterocycles. The van der Waals surface area contributed by atoms with Crippen LogP contribution in [-0.2, 0) is 4.79 Å². The molecule has 1 fully saturated rings. The maximum absolute atomic E-state index is 12.6. The standard InChI is InChI=1S/C15H18Cl3NO2/c1-4-14(13(3,21)15(14,17)18)12(20)19-9(2)10-5-7-11(16)8-6-10/h5-9,21H,4H2,1-3H3,(H,19,20)/t9?,13-,14+/m1/s1. The average molecular weight is 351 g/mol. The van der Waals surface area contributed by atoms with Gasteiger partial charge in [0.05, 0.1) is 6.04 Å². The highest BCUT2D eigenvalue weighted by atomic mass is 35.5. The summed E-state index contributed by atoms with van der Waals surface area (Å²) >= 11 is 18.1. The van der Waals surface area contributed by atoms with Gasteiger partial charge < -0.3 is 10.4 Å². The average Bonchev–Trinajstić information content (AvgIpc) is 2.76. The first-order chi connectivity index (χ1) is 9.61. The second-order valence-electron chi connectivity index (χ2n) is 5.65. The zero-order chi connectivity index (χ0) is 16.1. The summed E-state index contributed by atoms with van der Waals surface area (Å²) in [4.78, 5) is 12.6. The smallest absolute Gasteiger partial charge is 0.232 e. The van der Waals surface area contributed by atoms with Crippen LogP contribution < -0.4 is 5.32 Å². The first-order valence-corrected chi connectivity index (χ1v) is 7.92. The molecule has 3 nitrogen and oxygen atoms in total. The number of nitrogens with one attached hydrogen (secondary N) is 1. The van der Waals surface area contributed by atoms with E-state index in [0.717, 1.165) is 5.56 Å². The van der Waals surface area contributed by atoms with Crippen molar-refractivity contribution in [3.63, 3.8) is 0 Å². The van der Waals surface area contributed by atoms with Crippen LogP contribution in [0.3, 0.4) is 0 Å². The molecule has 116 valence electrons. The first kappa shape index (κ1) is 16.9. The predicted octanol–water partition coefficient (Wildman–Crippen LogP) is 3.85. The van der Waals surface area contributed by atoms with Crippen molar-refractivity contribution in [2.75, 3.05) is 0 Å². The van der Waals surface area contributed by atoms with Crippen molar-refractivity contribution in [3.8, 4) is 0 Å². The number of carbonyl (C=O) groups is 1. The number of alkyl halides is 2. The summed E-state index contributed by atoms with van der Waals surface area (Å²) in [7, 11) is 0. The van der Waals surface area contributed by atoms with Crippen molar-refractivity contribution >= 4 is 40.7 Å². The SMILES string of the molecule is CC[C@@]1(C(=O)NC(C)c2ccc(Cl)cc2)C(Cl)(Cl)[C@]1(C)O. The van der Waals surface area contributed by atoms with Crippen LogP contribution in [-0.4, -0.2) is 20.9 Å². The third kappa shape index (κ3) is 2.26. The molecule has 6 heteroatoms. The topological polar surface area (TPSA) is 49.3 Å². The minimum atomic E-state index is -1.47. The Balaban J connectivity index is 2.17. The van der Waals surface area contributed by atoms with E-state index in [1.807, 2.05) is 19.1 Å². The fourth-order valence-corrected chi connectivity index (χ4v) is 4.09. The fourth-order valence-electron chi connectivity index (χ4n) is 2.93. The molecule has 1 amide bonds. The van der Waals surface area contributed by atoms with Crippen LogP contribution in [0.2, 0.25) is 5.02 Å². The van der Waals surface area contributed by atoms with E-state index in [1.54, 1.807) is 19.1 Å². The van der Waals surface area contributed by atoms with E-state index >= 15 is 0 Å². The predicted molar refractivity (Wildman–Crippen MR) is 85.8 cm³/mol. The third-order valence-corrected chi connectivity index (χ3v) is 6.18. The van der Waals surface area contributed by atoms with Crippen LogP contribution >= 0.6 is 34.8 Å². The number of hydrogen-bond acceptors (Lipinski definition) is 2. The van der Waals surface area contributed by atoms with Gasteiger partial charge in [0, 0.05) is 5.02 Å². The molecule has 0 saturated heterocycles. The van der Waals surface area contributed by atoms with Crippen LogP contribution in [0.1, 0.15) is 38.8 Å². The Labute approximate surface area is 139 Å². The van der Waals surface area contributed by atoms with Crippen molar-refractivity contribution in [3.05, 3.63) is 34.9 Å². The number of amides is 1. The molecule has 0 bridgehead atoms. The molecule has 0 spiro atoms. The highest BCUT2D eigenvalue weighted by Crippen LogP contribution is 2.73. The van der Waals surface area contributed by atoms with Gasteiger partial charge in [0.15, 0.2) is 4.33 Å². The van der Waals surface area contributed by atoms with Gasteiger partial charge >= 0.3 is 0 Å². The highest BCUT2D eigenvalue weighted by Gasteiger charge is 2.87. The van der Waals surface area contributed by atoms with E-state index < -0.39 is 15.3 Å². The molecule has 0 aromatic heterocycles. The van der Waals surface area contributed by atoms with Gasteiger partial charge in [-0.15, -0.1) is 0 Å². The summed E-state index contributed by atoms with van der Waals surface area (Å²) in [5, 5.41) is 13.8. The minimum absolute atomic E-state index is 0.237. The maximum atomic E-state index is 12.6. The lowest BCUT2D eigenvalue weighted by atomic mass is 9.96. The summed E-state index contributed by atoms with van der Waals surface area (Å²) in [5.41, 5.74) is -1.72. The Hall–Kier alpha value is -0.480. The molecule has 1 saturated carbocycles. The van der Waals surface area contributed by atoms with Gasteiger partial charge in [0.1, 0.15) is 11.0 Å². The number of halogens is 3. The lowest BCUT2D eigenvalue weighted by molar-refractivity contribution is -0.129. The number of hydrogen-bond donors (Lipinski definition) is 2. The molecule has 1 aliphatic rings. The quantitative estimate of drug-likeness (QED) is 0.810. The van der Waals surface area contributed by atoms with E-state index in [-0.39, 0.29) is 11.9 Å². The Morgan fingerprint density at radius 2 is 1.81 bits per heavy atom. The van der Waals surface area contributed by atoms with E-state index in [1.165, 1.54) is 6.92 Å². The summed E-state index contributed by atoms with van der Waals surface area (Å²) in [6.45, 7) is 5.13. The van der Waals surface area contributed by atoms with Crippen molar-refractivity contribution in [1.82, 2.24) is 5.32 Å². The Morgan fingerprint density at radius 1 is 1.33 bits per heavy atom. The van der Waals surface area contributed by atoms with Crippen LogP contribution in [0.4, 0.5) is 0 Å². The number of carbonyl (C=O) groups excluding carboxylic acids is 1. The molecular weight excluding hydrogens is 333 g/mol. The second kappa shape index (κ2) is 5.31. The zero-order valence-corrected chi connectivity index (χ0v) is 14.4. The third-order valence-electron chi connectivity index (χ3n) is 4.55. The van der Waals surface area contributed by atoms with Gasteiger partial charge in [-0.2, -0.15) is 0 Å². The zero-order valence-electron chi connectivity index (χ0n) is 12.1. The van der Waals surface area contributed by atoms with Crippen LogP contribution in [0, 0.1) is 5.41 Å². The fraction of sp³-hybridized carbons (Fsp3) is 0.533. The number of aliphatic hydroxyl groups is 1. The first-order valence-electron chi connectivity index (χ1n) is 6.78. The van der Waals surface area contributed by atoms with Crippen LogP contribution in [0.25, 0.3) is 0 Å². The summed E-state index contributed by atoms with van der Waals surface area (Å²) in [6.07, 6.45) is 0.353. The van der Waals surface area contributed by atoms with Gasteiger partial charge in [-0.3, -0.25) is 4.79 Å². The summed E-state index contributed by atoms with van der Waals surface area (Å²) in [6, 6.07) is 6.96. The van der Waals surface area contributed by atoms with E-state index in [0.29, 0.717) is 11.4 Å². The minimum Gasteiger partial charge on any atom is -0.386 e. The largest absolute Gasteiger partial charge is 0.386 e. The normalized spacial score (nSPS) is 31.6. The molecule has 0 radical (unpaired) electrons. The van der Waals surface area contributed by atoms with Gasteiger partial charge in [-0.05, 0) is 38.0 Å². The van der Waals surface area contributed by atoms with Crippen molar-refractivity contribution < 1.29 is 9.90 Å². The summed E-state index contributed by atoms with van der Waals surface area (Å²) < 4.78 is -1.47. The highest BCUT2D eigenvalue weighted by molar-refractivity contribution is 6.55. The Morgan fingerprint density at radius 3 is 2.19 bits per heavy atom. The number of benzene rings is 1. The molecule has 0 heterocycles. The maximum Gasteiger partial charge on any atom is 0.232 e. The van der Waals surface area contributed by atoms with E-state index in [4.69, 9.17) is 34.8 Å². The van der Waals surface area contributed by atoms with Gasteiger partial charge in [-0.25, -0.2) is 0 Å². The monoisotopic (exact) mass is 349 g/mol. The lowest BCUT2D eigenvalue weighted by Crippen LogP contribution is -2.38. The molecule has 1 aromatic carbocycles. The Bertz CT molecular complexity index is 541. The molecule has 2 N–H and O–H groups in total. The van der Waals surface area contributed by atoms with Crippen LogP contribution in [0.15, 0.2) is 24.3 Å². The van der Waals surface area contributed by atoms with Crippen molar-refractivity contribution in [1.29, 1.82) is 0 Å². The van der Waals surface area contributed by atoms with E-state index in [2.05, 4.69) is 5.32 Å². The van der Waals surface area contributed by atoms with Crippen molar-refractivity contribution in [2.45, 2.75) is 43.2 Å². The lowest BCUT2D eigenvalue weighted by Gasteiger charge is -2.21. The molecule has 1 aromatic rings. The molecule has 2 rings (SSSR count). The Kier molecular flexibility index (Phi) is 4.27. The van der Waals surface area contributed by atoms with Gasteiger partial charge in [-0.1, -0.05) is 53.9 Å². The van der Waals surface area contributed by atoms with Gasteiger partial charge in [0.25, 0.3) is 0 Å². The molecular formula is C15H18Cl3NO2. The molecule has 1 unspecified atom stereocenters. The van der Waals surface area contributed by atoms with E-state index in [9.17, 15) is 9.90 Å². The second-order valence-corrected chi connectivity index (χ2v) is 7.42.